The molecule has 3 aromatic rings. The molecule has 0 saturated carbocycles. The van der Waals surface area contributed by atoms with Crippen LogP contribution in [0.5, 0.6) is 11.5 Å². The summed E-state index contributed by atoms with van der Waals surface area (Å²) in [5.74, 6) is 1.39. The summed E-state index contributed by atoms with van der Waals surface area (Å²) in [7, 11) is 3.17. The fourth-order valence-electron chi connectivity index (χ4n) is 3.67. The molecular formula is C22H24N2O4S2. The first-order valence-electron chi connectivity index (χ1n) is 9.84. The molecule has 2 aromatic heterocycles. The monoisotopic (exact) mass is 444 g/mol. The summed E-state index contributed by atoms with van der Waals surface area (Å²) in [4.78, 5) is 30.3. The van der Waals surface area contributed by atoms with Crippen LogP contribution in [-0.4, -0.2) is 62.0 Å². The third-order valence-electron chi connectivity index (χ3n) is 5.29. The van der Waals surface area contributed by atoms with Crippen LogP contribution in [0.25, 0.3) is 9.40 Å². The van der Waals surface area contributed by atoms with Crippen LogP contribution in [0.15, 0.2) is 35.7 Å². The first-order chi connectivity index (χ1) is 14.6. The molecule has 0 N–H and O–H groups in total. The smallest absolute Gasteiger partial charge is 0.264 e. The predicted molar refractivity (Wildman–Crippen MR) is 120 cm³/mol. The average Bonchev–Trinajstić information content (AvgIpc) is 3.27. The molecule has 8 heteroatoms. The zero-order valence-corrected chi connectivity index (χ0v) is 18.7. The van der Waals surface area contributed by atoms with Gasteiger partial charge in [-0.2, -0.15) is 0 Å². The van der Waals surface area contributed by atoms with Gasteiger partial charge in [0, 0.05) is 35.6 Å². The van der Waals surface area contributed by atoms with E-state index in [4.69, 9.17) is 9.47 Å². The first-order valence-corrected chi connectivity index (χ1v) is 11.5. The fraction of sp³-hybridized carbons (Fsp3) is 0.364. The third-order valence-corrected chi connectivity index (χ3v) is 7.37. The zero-order chi connectivity index (χ0) is 21.1. The Morgan fingerprint density at radius 2 is 1.70 bits per heavy atom. The van der Waals surface area contributed by atoms with Crippen molar-refractivity contribution < 1.29 is 19.1 Å². The number of amides is 2. The highest BCUT2D eigenvalue weighted by molar-refractivity contribution is 7.27. The number of carbonyl (C=O) groups excluding carboxylic acids is 2. The molecule has 0 aliphatic carbocycles. The quantitative estimate of drug-likeness (QED) is 0.599. The maximum Gasteiger partial charge on any atom is 0.264 e. The van der Waals surface area contributed by atoms with Gasteiger partial charge in [0.15, 0.2) is 11.5 Å². The summed E-state index contributed by atoms with van der Waals surface area (Å²) in [6.07, 6.45) is 1.08. The van der Waals surface area contributed by atoms with Gasteiger partial charge < -0.3 is 19.3 Å². The lowest BCUT2D eigenvalue weighted by Gasteiger charge is -2.22. The van der Waals surface area contributed by atoms with E-state index < -0.39 is 0 Å². The number of nitrogens with zero attached hydrogens (tertiary/aromatic N) is 2. The van der Waals surface area contributed by atoms with Gasteiger partial charge in [-0.3, -0.25) is 9.59 Å². The predicted octanol–water partition coefficient (Wildman–Crippen LogP) is 3.90. The Hall–Kier alpha value is -2.58. The molecule has 1 saturated heterocycles. The minimum atomic E-state index is 0.0631. The zero-order valence-electron chi connectivity index (χ0n) is 17.1. The summed E-state index contributed by atoms with van der Waals surface area (Å²) in [5, 5.41) is 2.04. The number of benzene rings is 1. The average molecular weight is 445 g/mol. The molecule has 0 radical (unpaired) electrons. The van der Waals surface area contributed by atoms with E-state index in [2.05, 4.69) is 6.07 Å². The van der Waals surface area contributed by atoms with Crippen LogP contribution in [0.3, 0.4) is 0 Å². The van der Waals surface area contributed by atoms with Crippen LogP contribution >= 0.6 is 22.7 Å². The lowest BCUT2D eigenvalue weighted by atomic mass is 10.1. The summed E-state index contributed by atoms with van der Waals surface area (Å²) in [6, 6.07) is 9.58. The molecule has 0 atom stereocenters. The van der Waals surface area contributed by atoms with Crippen LogP contribution in [0.2, 0.25) is 0 Å². The van der Waals surface area contributed by atoms with Gasteiger partial charge in [0.1, 0.15) is 0 Å². The Balaban J connectivity index is 1.38. The van der Waals surface area contributed by atoms with Crippen molar-refractivity contribution in [3.8, 4) is 11.5 Å². The van der Waals surface area contributed by atoms with E-state index in [1.165, 1.54) is 0 Å². The number of methoxy groups -OCH3 is 2. The van der Waals surface area contributed by atoms with E-state index in [9.17, 15) is 9.59 Å². The number of rotatable bonds is 5. The lowest BCUT2D eigenvalue weighted by molar-refractivity contribution is -0.130. The molecule has 0 unspecified atom stereocenters. The summed E-state index contributed by atoms with van der Waals surface area (Å²) < 4.78 is 12.9. The van der Waals surface area contributed by atoms with E-state index in [-0.39, 0.29) is 11.8 Å². The highest BCUT2D eigenvalue weighted by Crippen LogP contribution is 2.31. The van der Waals surface area contributed by atoms with Gasteiger partial charge in [0.2, 0.25) is 5.91 Å². The topological polar surface area (TPSA) is 59.1 Å². The molecule has 1 aromatic carbocycles. The summed E-state index contributed by atoms with van der Waals surface area (Å²) in [6.45, 7) is 2.44. The minimum absolute atomic E-state index is 0.0631. The first kappa shape index (κ1) is 20.7. The van der Waals surface area contributed by atoms with Crippen molar-refractivity contribution in [3.63, 3.8) is 0 Å². The van der Waals surface area contributed by atoms with Crippen molar-refractivity contribution >= 4 is 43.9 Å². The highest BCUT2D eigenvalue weighted by atomic mass is 32.1. The van der Waals surface area contributed by atoms with Crippen LogP contribution in [0.1, 0.15) is 21.7 Å². The van der Waals surface area contributed by atoms with Crippen LogP contribution in [0, 0.1) is 0 Å². The van der Waals surface area contributed by atoms with E-state index in [1.54, 1.807) is 36.9 Å². The van der Waals surface area contributed by atoms with Gasteiger partial charge in [-0.25, -0.2) is 0 Å². The van der Waals surface area contributed by atoms with Gasteiger partial charge in [0.25, 0.3) is 5.91 Å². The van der Waals surface area contributed by atoms with Crippen LogP contribution < -0.4 is 9.47 Å². The molecule has 4 rings (SSSR count). The van der Waals surface area contributed by atoms with Gasteiger partial charge in [-0.1, -0.05) is 6.07 Å². The normalized spacial score (nSPS) is 14.6. The summed E-state index contributed by atoms with van der Waals surface area (Å²) >= 11 is 3.20. The molecule has 1 aliphatic rings. The second-order valence-corrected chi connectivity index (χ2v) is 9.18. The minimum Gasteiger partial charge on any atom is -0.493 e. The second kappa shape index (κ2) is 9.06. The Labute approximate surface area is 183 Å². The van der Waals surface area contributed by atoms with Crippen LogP contribution in [-0.2, 0) is 11.2 Å². The number of ether oxygens (including phenoxy) is 2. The Morgan fingerprint density at radius 3 is 2.47 bits per heavy atom. The van der Waals surface area contributed by atoms with E-state index in [0.717, 1.165) is 26.3 Å². The number of carbonyl (C=O) groups is 2. The number of hydrogen-bond donors (Lipinski definition) is 0. The van der Waals surface area contributed by atoms with E-state index in [1.807, 2.05) is 39.4 Å². The maximum absolute atomic E-state index is 12.9. The maximum atomic E-state index is 12.9. The highest BCUT2D eigenvalue weighted by Gasteiger charge is 2.24. The molecule has 1 fully saturated rings. The second-order valence-electron chi connectivity index (χ2n) is 7.15. The summed E-state index contributed by atoms with van der Waals surface area (Å²) in [5.41, 5.74) is 0.883. The standard InChI is InChI=1S/C22H24N2O4S2/c1-27-16-5-4-15(12-17(16)28-2)13-21(25)23-7-3-8-24(10-9-23)22(26)20-14-19-18(30-20)6-11-29-19/h4-6,11-12,14H,3,7-10,13H2,1-2H3. The number of thiophene rings is 2. The molecular weight excluding hydrogens is 420 g/mol. The van der Waals surface area contributed by atoms with Crippen molar-refractivity contribution in [2.45, 2.75) is 12.8 Å². The van der Waals surface area contributed by atoms with Gasteiger partial charge in [-0.05, 0) is 41.6 Å². The Kier molecular flexibility index (Phi) is 6.24. The molecule has 3 heterocycles. The van der Waals surface area contributed by atoms with Gasteiger partial charge in [0.05, 0.1) is 25.5 Å². The molecule has 0 spiro atoms. The SMILES string of the molecule is COc1ccc(CC(=O)N2CCCN(C(=O)c3cc4sccc4s3)CC2)cc1OC. The Morgan fingerprint density at radius 1 is 0.933 bits per heavy atom. The number of hydrogen-bond acceptors (Lipinski definition) is 6. The van der Waals surface area contributed by atoms with Crippen LogP contribution in [0.4, 0.5) is 0 Å². The Bertz CT molecular complexity index is 1030. The van der Waals surface area contributed by atoms with Crippen molar-refractivity contribution in [1.29, 1.82) is 0 Å². The van der Waals surface area contributed by atoms with E-state index >= 15 is 0 Å². The molecule has 158 valence electrons. The van der Waals surface area contributed by atoms with Gasteiger partial charge in [-0.15, -0.1) is 22.7 Å². The van der Waals surface area contributed by atoms with Gasteiger partial charge >= 0.3 is 0 Å². The van der Waals surface area contributed by atoms with Crippen molar-refractivity contribution in [2.75, 3.05) is 40.4 Å². The van der Waals surface area contributed by atoms with Crippen molar-refractivity contribution in [1.82, 2.24) is 9.80 Å². The van der Waals surface area contributed by atoms with Crippen molar-refractivity contribution in [2.24, 2.45) is 0 Å². The lowest BCUT2D eigenvalue weighted by Crippen LogP contribution is -2.37. The van der Waals surface area contributed by atoms with E-state index in [0.29, 0.717) is 44.1 Å². The molecule has 2 amide bonds. The largest absolute Gasteiger partial charge is 0.493 e. The third kappa shape index (κ3) is 4.29. The molecule has 30 heavy (non-hydrogen) atoms. The fourth-order valence-corrected chi connectivity index (χ4v) is 5.75. The number of fused-ring (bicyclic) bond motifs is 1. The molecule has 0 bridgehead atoms. The molecule has 6 nitrogen and oxygen atoms in total. The molecule has 1 aliphatic heterocycles. The van der Waals surface area contributed by atoms with Crippen molar-refractivity contribution in [3.05, 3.63) is 46.2 Å².